The molecule has 6 saturated heterocycles. The van der Waals surface area contributed by atoms with Crippen molar-refractivity contribution in [1.29, 1.82) is 0 Å². The van der Waals surface area contributed by atoms with Gasteiger partial charge in [-0.1, -0.05) is 54.6 Å². The number of halogens is 2. The molecule has 11 aromatic rings. The van der Waals surface area contributed by atoms with E-state index in [1.165, 1.54) is 56.2 Å². The van der Waals surface area contributed by atoms with Crippen LogP contribution in [0.5, 0.6) is 0 Å². The van der Waals surface area contributed by atoms with Crippen LogP contribution in [-0.2, 0) is 79.7 Å². The Labute approximate surface area is 668 Å². The zero-order valence-electron chi connectivity index (χ0n) is 59.2. The maximum Gasteiger partial charge on any atom is 1.00 e. The van der Waals surface area contributed by atoms with Gasteiger partial charge in [-0.25, -0.2) is 88.1 Å². The fourth-order valence-corrected chi connectivity index (χ4v) is 17.3. The predicted molar refractivity (Wildman–Crippen MR) is 381 cm³/mol. The number of benzene rings is 3. The molecule has 115 heavy (non-hydrogen) atoms. The Morgan fingerprint density at radius 1 is 0.530 bits per heavy atom. The van der Waals surface area contributed by atoms with Crippen molar-refractivity contribution in [2.75, 3.05) is 61.1 Å². The van der Waals surface area contributed by atoms with Gasteiger partial charge in [0.15, 0.2) is 99.4 Å². The monoisotopic (exact) mass is 1670 g/mol. The summed E-state index contributed by atoms with van der Waals surface area (Å²) in [4.78, 5) is 105. The SMILES string of the molecule is Nc1ncnc2c1ncn2[C@@H]1O[C@@H]2COP(=O)([O-])O[C@H]3C[C@H](n4cnc5c(NC(=O)c6ccccc6)ncnc54)O[C@@H]3CNS(=O)(=O)O[C@@H]1[C@@H]2F.[C-]#[N+]CCOP1(=O)OC[C@H]2O[C@@H](n3cnc4c(NC(=O)c5ccccc5)ncnc43)[C@H](OS(=O)(=O)NC[C@H]3O[C@@H](n4cnc5c(NC(=O)c6ccccc6)ncnc54)C[C@@H]3O1)[C@@H]2F.[Na+]. The standard InChI is InChI=1S/C37H34FN12O11PS.C27H27FN11O10PS.Na/c1-39-12-13-56-62(53)57-16-25-27(38)30(37(59-25)50-20-45-29-32(41-18-43-34(29)50)48-36(52)22-10-6-3-7-11-22)61-63(54,55)46-15-24-23(60-62)14-26(58-24)49-19-44-28-31(40-17-42-33(28)49)47-35(51)21-8-4-2-5-9-21;28-18-16-8-45-50(41,42)48-14-6-17(38-11-35-20-23(31-10-33-25(20)38)37-26(40)13-4-2-1-3-5-13)46-15(14)7-36-51(43,44)49-21(18)27(47-16)39-12-34-19-22(29)30-9-32-24(19)39;/h2-11,17-20,23-27,30,37,46H,12-16H2,(H,40,42,47,51)(H,41,43,48,52);1-5,9-12,14-18,21,27,36H,6-8H2,(H,41,42)(H2,29,30,32)(H,31,33,37,40);/q;;+1/p-1/t23-,24+,25+,26+,27+,30+,37+,62?;14-,15+,16+,17+,18+,21+,27+;/m00./s1. The van der Waals surface area contributed by atoms with Crippen LogP contribution in [0.3, 0.4) is 0 Å². The first-order valence-corrected chi connectivity index (χ1v) is 40.0. The van der Waals surface area contributed by atoms with Crippen LogP contribution in [0.4, 0.5) is 32.1 Å². The molecule has 4 bridgehead atoms. The van der Waals surface area contributed by atoms with Crippen molar-refractivity contribution in [3.63, 3.8) is 0 Å². The Hall–Kier alpha value is -9.78. The molecule has 51 heteroatoms. The number of fused-ring (bicyclic) bond motifs is 10. The fourth-order valence-electron chi connectivity index (χ4n) is 13.2. The number of imidazole rings is 4. The first kappa shape index (κ1) is 80.4. The number of nitrogens with zero attached hydrogens (tertiary/aromatic N) is 17. The quantitative estimate of drug-likeness (QED) is 0.0396. The number of alkyl halides is 2. The van der Waals surface area contributed by atoms with Gasteiger partial charge in [0.05, 0.1) is 44.6 Å². The largest absolute Gasteiger partial charge is 1.00 e. The molecule has 7 N–H and O–H groups in total. The molecule has 6 aliphatic rings. The summed E-state index contributed by atoms with van der Waals surface area (Å²) >= 11 is 0. The smallest absolute Gasteiger partial charge is 0.756 e. The van der Waals surface area contributed by atoms with E-state index in [4.69, 9.17) is 62.2 Å². The molecule has 6 fully saturated rings. The van der Waals surface area contributed by atoms with Crippen LogP contribution in [0, 0.1) is 6.57 Å². The van der Waals surface area contributed by atoms with Crippen molar-refractivity contribution in [3.05, 3.63) is 170 Å². The molecular weight excluding hydrogens is 1610 g/mol. The molecule has 0 spiro atoms. The van der Waals surface area contributed by atoms with Crippen LogP contribution in [-0.4, -0.2) is 213 Å². The average molecular weight is 1670 g/mol. The Kier molecular flexibility index (Phi) is 23.4. The minimum atomic E-state index is -5.19. The van der Waals surface area contributed by atoms with Crippen molar-refractivity contribution < 1.29 is 134 Å². The number of anilines is 4. The Morgan fingerprint density at radius 3 is 1.35 bits per heavy atom. The van der Waals surface area contributed by atoms with E-state index in [-0.39, 0.29) is 117 Å². The maximum atomic E-state index is 16.4. The average Bonchev–Trinajstić information content (AvgIpc) is 1.63. The van der Waals surface area contributed by atoms with E-state index in [0.717, 1.165) is 12.7 Å². The van der Waals surface area contributed by atoms with Gasteiger partial charge >= 0.3 is 58.0 Å². The van der Waals surface area contributed by atoms with Crippen LogP contribution in [0.25, 0.3) is 49.5 Å². The van der Waals surface area contributed by atoms with Crippen LogP contribution < -0.4 is 65.6 Å². The summed E-state index contributed by atoms with van der Waals surface area (Å²) in [6.45, 7) is 3.72. The number of carbonyl (C=O) groups is 3. The number of rotatable bonds is 13. The molecule has 14 heterocycles. The van der Waals surface area contributed by atoms with Gasteiger partial charge in [-0.05, 0) is 36.4 Å². The van der Waals surface area contributed by atoms with Gasteiger partial charge < -0.3 is 59.4 Å². The summed E-state index contributed by atoms with van der Waals surface area (Å²) < 4.78 is 185. The van der Waals surface area contributed by atoms with Crippen molar-refractivity contribution in [2.45, 2.75) is 98.9 Å². The van der Waals surface area contributed by atoms with E-state index >= 15 is 8.78 Å². The molecule has 0 radical (unpaired) electrons. The molecule has 3 amide bonds. The number of phosphoric acid groups is 2. The second-order valence-corrected chi connectivity index (χ2v) is 31.4. The van der Waals surface area contributed by atoms with E-state index < -0.39 is 173 Å². The Bertz CT molecular complexity index is 5860. The van der Waals surface area contributed by atoms with Gasteiger partial charge in [0.25, 0.3) is 25.5 Å². The molecule has 16 atom stereocenters. The first-order chi connectivity index (χ1) is 54.9. The Balaban J connectivity index is 0.000000183. The Morgan fingerprint density at radius 2 is 0.913 bits per heavy atom. The van der Waals surface area contributed by atoms with Crippen LogP contribution in [0.15, 0.2) is 142 Å². The van der Waals surface area contributed by atoms with E-state index in [1.54, 1.807) is 91.0 Å². The van der Waals surface area contributed by atoms with Crippen molar-refractivity contribution >= 4 is 122 Å². The van der Waals surface area contributed by atoms with Crippen molar-refractivity contribution in [3.8, 4) is 0 Å². The van der Waals surface area contributed by atoms with E-state index in [1.807, 2.05) is 0 Å². The van der Waals surface area contributed by atoms with E-state index in [2.05, 4.69) is 90.0 Å². The molecule has 3 aromatic carbocycles. The third-order valence-corrected chi connectivity index (χ3v) is 23.0. The third-order valence-electron chi connectivity index (χ3n) is 18.5. The number of nitrogens with two attached hydrogens (primary N) is 1. The fraction of sp³-hybridized carbons (Fsp3) is 0.344. The number of carbonyl (C=O) groups excluding carboxylic acids is 3. The minimum absolute atomic E-state index is 0. The van der Waals surface area contributed by atoms with Crippen molar-refractivity contribution in [2.24, 2.45) is 0 Å². The second-order valence-electron chi connectivity index (χ2n) is 25.6. The number of nitrogen functional groups attached to an aromatic ring is 1. The normalized spacial score (nSPS) is 28.6. The summed E-state index contributed by atoms with van der Waals surface area (Å²) in [7, 11) is -19.5. The van der Waals surface area contributed by atoms with Crippen LogP contribution in [0.2, 0.25) is 0 Å². The van der Waals surface area contributed by atoms with E-state index in [0.29, 0.717) is 16.7 Å². The van der Waals surface area contributed by atoms with Gasteiger partial charge in [0.1, 0.15) is 80.4 Å². The van der Waals surface area contributed by atoms with Gasteiger partial charge in [0.2, 0.25) is 6.54 Å². The van der Waals surface area contributed by atoms with E-state index in [9.17, 15) is 45.2 Å². The molecule has 6 aliphatic heterocycles. The number of phosphoric ester groups is 2. The molecule has 8 aromatic heterocycles. The summed E-state index contributed by atoms with van der Waals surface area (Å²) in [5.74, 6) is -1.17. The van der Waals surface area contributed by atoms with Crippen molar-refractivity contribution in [1.82, 2.24) is 87.5 Å². The number of hydrogen-bond donors (Lipinski definition) is 6. The second kappa shape index (κ2) is 33.4. The number of hydrogen-bond acceptors (Lipinski definition) is 34. The zero-order chi connectivity index (χ0) is 79.2. The minimum Gasteiger partial charge on any atom is -0.756 e. The number of amides is 3. The summed E-state index contributed by atoms with van der Waals surface area (Å²) in [5.41, 5.74) is 8.07. The van der Waals surface area contributed by atoms with Gasteiger partial charge in [0, 0.05) is 42.6 Å². The predicted octanol–water partition coefficient (Wildman–Crippen LogP) is 0.504. The van der Waals surface area contributed by atoms with Crippen LogP contribution in [0.1, 0.15) is 68.8 Å². The first-order valence-electron chi connectivity index (χ1n) is 34.3. The molecule has 17 rings (SSSR count). The molecule has 44 nitrogen and oxygen atoms in total. The summed E-state index contributed by atoms with van der Waals surface area (Å²) in [5, 5.41) is 8.07. The summed E-state index contributed by atoms with van der Waals surface area (Å²) in [6, 6.07) is 25.2. The summed E-state index contributed by atoms with van der Waals surface area (Å²) in [6.07, 6.45) is -12.0. The maximum absolute atomic E-state index is 16.4. The van der Waals surface area contributed by atoms with Gasteiger partial charge in [-0.2, -0.15) is 26.3 Å². The molecule has 0 saturated carbocycles. The molecular formula is C64H60F2N23NaO21P2S2. The van der Waals surface area contributed by atoms with Gasteiger partial charge in [-0.15, -0.1) is 0 Å². The third kappa shape index (κ3) is 17.1. The molecule has 594 valence electrons. The zero-order valence-corrected chi connectivity index (χ0v) is 64.7. The number of ether oxygens (including phenoxy) is 4. The molecule has 0 aliphatic carbocycles. The topological polar surface area (TPSA) is 543 Å². The number of nitrogens with one attached hydrogen (secondary N) is 5. The molecule has 2 unspecified atom stereocenters. The van der Waals surface area contributed by atoms with Crippen LogP contribution >= 0.6 is 15.6 Å². The number of aromatic nitrogens is 16. The van der Waals surface area contributed by atoms with Gasteiger partial charge in [-0.3, -0.25) is 50.8 Å².